The molecule has 2 heterocycles. The zero-order valence-corrected chi connectivity index (χ0v) is 19.4. The highest BCUT2D eigenvalue weighted by atomic mass is 16.2. The van der Waals surface area contributed by atoms with Gasteiger partial charge in [0.15, 0.2) is 5.78 Å². The first-order valence-corrected chi connectivity index (χ1v) is 12.3. The third-order valence-corrected chi connectivity index (χ3v) is 7.22. The average molecular weight is 433 g/mol. The van der Waals surface area contributed by atoms with Crippen molar-refractivity contribution in [3.63, 3.8) is 0 Å². The van der Waals surface area contributed by atoms with E-state index < -0.39 is 0 Å². The molecule has 2 aliphatic heterocycles. The number of fused-ring (bicyclic) bond motifs is 1. The van der Waals surface area contributed by atoms with E-state index in [-0.39, 0.29) is 11.7 Å². The Bertz CT molecular complexity index is 916. The van der Waals surface area contributed by atoms with Crippen LogP contribution in [-0.2, 0) is 24.2 Å². The number of carbonyl (C=O) groups excluding carboxylic acids is 2. The van der Waals surface area contributed by atoms with Crippen LogP contribution >= 0.6 is 0 Å². The molecule has 4 rings (SSSR count). The molecule has 0 saturated carbocycles. The van der Waals surface area contributed by atoms with E-state index >= 15 is 0 Å². The van der Waals surface area contributed by atoms with Crippen LogP contribution in [0.15, 0.2) is 48.5 Å². The van der Waals surface area contributed by atoms with E-state index in [1.165, 1.54) is 16.7 Å². The lowest BCUT2D eigenvalue weighted by atomic mass is 9.89. The number of benzene rings is 2. The third-order valence-electron chi connectivity index (χ3n) is 7.22. The predicted molar refractivity (Wildman–Crippen MR) is 129 cm³/mol. The number of amides is 1. The molecule has 0 N–H and O–H groups in total. The SMILES string of the molecule is CCC(=O)N1CCC(CCC(=O)c2ccc3c(c2)CCN(Cc2ccccc2)CC3)CC1. The van der Waals surface area contributed by atoms with E-state index in [0.29, 0.717) is 18.8 Å². The van der Waals surface area contributed by atoms with Gasteiger partial charge in [0.1, 0.15) is 0 Å². The first-order valence-electron chi connectivity index (χ1n) is 12.3. The molecule has 1 amide bonds. The van der Waals surface area contributed by atoms with Crippen LogP contribution in [0.3, 0.4) is 0 Å². The Morgan fingerprint density at radius 3 is 2.34 bits per heavy atom. The van der Waals surface area contributed by atoms with Gasteiger partial charge in [-0.25, -0.2) is 0 Å². The molecule has 1 fully saturated rings. The quantitative estimate of drug-likeness (QED) is 0.585. The lowest BCUT2D eigenvalue weighted by molar-refractivity contribution is -0.132. The smallest absolute Gasteiger partial charge is 0.222 e. The Balaban J connectivity index is 1.28. The normalized spacial score (nSPS) is 17.6. The van der Waals surface area contributed by atoms with Gasteiger partial charge in [0.2, 0.25) is 5.91 Å². The summed E-state index contributed by atoms with van der Waals surface area (Å²) in [5.41, 5.74) is 4.97. The molecule has 0 unspecified atom stereocenters. The van der Waals surface area contributed by atoms with Gasteiger partial charge in [-0.15, -0.1) is 0 Å². The van der Waals surface area contributed by atoms with Crippen molar-refractivity contribution < 1.29 is 9.59 Å². The van der Waals surface area contributed by atoms with E-state index in [1.807, 2.05) is 17.9 Å². The number of rotatable bonds is 7. The van der Waals surface area contributed by atoms with Crippen molar-refractivity contribution >= 4 is 11.7 Å². The summed E-state index contributed by atoms with van der Waals surface area (Å²) in [4.78, 5) is 29.3. The molecule has 0 bridgehead atoms. The molecule has 0 aliphatic carbocycles. The maximum Gasteiger partial charge on any atom is 0.222 e. The monoisotopic (exact) mass is 432 g/mol. The Labute approximate surface area is 192 Å². The van der Waals surface area contributed by atoms with Crippen LogP contribution in [0.4, 0.5) is 0 Å². The van der Waals surface area contributed by atoms with E-state index in [1.54, 1.807) is 0 Å². The molecule has 32 heavy (non-hydrogen) atoms. The van der Waals surface area contributed by atoms with E-state index in [9.17, 15) is 9.59 Å². The second-order valence-corrected chi connectivity index (χ2v) is 9.38. The highest BCUT2D eigenvalue weighted by Crippen LogP contribution is 2.25. The lowest BCUT2D eigenvalue weighted by Gasteiger charge is -2.31. The van der Waals surface area contributed by atoms with Crippen molar-refractivity contribution in [1.82, 2.24) is 9.80 Å². The number of carbonyl (C=O) groups is 2. The molecule has 2 aromatic rings. The second kappa shape index (κ2) is 10.9. The van der Waals surface area contributed by atoms with Crippen LogP contribution in [0.2, 0.25) is 0 Å². The summed E-state index contributed by atoms with van der Waals surface area (Å²) >= 11 is 0. The fraction of sp³-hybridized carbons (Fsp3) is 0.500. The van der Waals surface area contributed by atoms with Crippen LogP contribution in [0.1, 0.15) is 66.1 Å². The Kier molecular flexibility index (Phi) is 7.75. The number of likely N-dealkylation sites (tertiary alicyclic amines) is 1. The highest BCUT2D eigenvalue weighted by Gasteiger charge is 2.23. The first kappa shape index (κ1) is 22.7. The van der Waals surface area contributed by atoms with Gasteiger partial charge in [0, 0.05) is 51.1 Å². The number of ketones is 1. The van der Waals surface area contributed by atoms with Crippen LogP contribution < -0.4 is 0 Å². The molecule has 2 aliphatic rings. The minimum absolute atomic E-state index is 0.256. The number of nitrogens with zero attached hydrogens (tertiary/aromatic N) is 2. The van der Waals surface area contributed by atoms with Crippen molar-refractivity contribution in [2.45, 2.75) is 58.4 Å². The summed E-state index contributed by atoms with van der Waals surface area (Å²) < 4.78 is 0. The van der Waals surface area contributed by atoms with E-state index in [4.69, 9.17) is 0 Å². The Morgan fingerprint density at radius 2 is 1.62 bits per heavy atom. The average Bonchev–Trinajstić information content (AvgIpc) is 3.05. The number of hydrogen-bond donors (Lipinski definition) is 0. The molecule has 4 nitrogen and oxygen atoms in total. The Hall–Kier alpha value is -2.46. The molecule has 1 saturated heterocycles. The summed E-state index contributed by atoms with van der Waals surface area (Å²) in [6.07, 6.45) is 6.26. The highest BCUT2D eigenvalue weighted by molar-refractivity contribution is 5.96. The molecule has 2 aromatic carbocycles. The molecular weight excluding hydrogens is 396 g/mol. The molecule has 0 spiro atoms. The lowest BCUT2D eigenvalue weighted by Crippen LogP contribution is -2.38. The predicted octanol–water partition coefficient (Wildman–Crippen LogP) is 4.90. The van der Waals surface area contributed by atoms with Gasteiger partial charge in [0.25, 0.3) is 0 Å². The Morgan fingerprint density at radius 1 is 0.906 bits per heavy atom. The van der Waals surface area contributed by atoms with Gasteiger partial charge < -0.3 is 4.90 Å². The van der Waals surface area contributed by atoms with Gasteiger partial charge in [-0.2, -0.15) is 0 Å². The summed E-state index contributed by atoms with van der Waals surface area (Å²) in [5.74, 6) is 1.09. The van der Waals surface area contributed by atoms with Crippen LogP contribution in [-0.4, -0.2) is 47.7 Å². The second-order valence-electron chi connectivity index (χ2n) is 9.38. The molecule has 170 valence electrons. The topological polar surface area (TPSA) is 40.6 Å². The zero-order chi connectivity index (χ0) is 22.3. The minimum atomic E-state index is 0.256. The number of hydrogen-bond acceptors (Lipinski definition) is 3. The van der Waals surface area contributed by atoms with Crippen LogP contribution in [0, 0.1) is 5.92 Å². The summed E-state index contributed by atoms with van der Waals surface area (Å²) in [6.45, 7) is 6.72. The molecule has 0 aromatic heterocycles. The van der Waals surface area contributed by atoms with Gasteiger partial charge in [0.05, 0.1) is 0 Å². The number of Topliss-reactive ketones (excluding diaryl/α,β-unsaturated/α-hetero) is 1. The maximum absolute atomic E-state index is 12.9. The molecule has 4 heteroatoms. The molecule has 0 radical (unpaired) electrons. The fourth-order valence-electron chi connectivity index (χ4n) is 5.12. The minimum Gasteiger partial charge on any atom is -0.343 e. The summed E-state index contributed by atoms with van der Waals surface area (Å²) in [5, 5.41) is 0. The molecular formula is C28H36N2O2. The van der Waals surface area contributed by atoms with Gasteiger partial charge in [-0.05, 0) is 60.8 Å². The van der Waals surface area contributed by atoms with Gasteiger partial charge in [-0.1, -0.05) is 49.4 Å². The largest absolute Gasteiger partial charge is 0.343 e. The van der Waals surface area contributed by atoms with Gasteiger partial charge in [-0.3, -0.25) is 14.5 Å². The van der Waals surface area contributed by atoms with Crippen LogP contribution in [0.25, 0.3) is 0 Å². The van der Waals surface area contributed by atoms with Crippen molar-refractivity contribution in [1.29, 1.82) is 0 Å². The molecule has 0 atom stereocenters. The third kappa shape index (κ3) is 5.86. The van der Waals surface area contributed by atoms with Crippen molar-refractivity contribution in [3.8, 4) is 0 Å². The standard InChI is InChI=1S/C28H36N2O2/c1-2-28(32)30-18-12-22(13-19-30)8-11-27(31)26-10-9-24-14-16-29(17-15-25(24)20-26)21-23-6-4-3-5-7-23/h3-7,9-10,20,22H,2,8,11-19,21H2,1H3. The van der Waals surface area contributed by atoms with Crippen LogP contribution in [0.5, 0.6) is 0 Å². The van der Waals surface area contributed by atoms with E-state index in [2.05, 4.69) is 47.4 Å². The number of piperidine rings is 1. The first-order chi connectivity index (χ1) is 15.6. The van der Waals surface area contributed by atoms with E-state index in [0.717, 1.165) is 70.4 Å². The van der Waals surface area contributed by atoms with Crippen molar-refractivity contribution in [2.75, 3.05) is 26.2 Å². The summed E-state index contributed by atoms with van der Waals surface area (Å²) in [7, 11) is 0. The maximum atomic E-state index is 12.9. The van der Waals surface area contributed by atoms with Gasteiger partial charge >= 0.3 is 0 Å². The van der Waals surface area contributed by atoms with Crippen molar-refractivity contribution in [3.05, 3.63) is 70.8 Å². The fourth-order valence-corrected chi connectivity index (χ4v) is 5.12. The zero-order valence-electron chi connectivity index (χ0n) is 19.4. The van der Waals surface area contributed by atoms with Crippen molar-refractivity contribution in [2.24, 2.45) is 5.92 Å². The summed E-state index contributed by atoms with van der Waals surface area (Å²) in [6, 6.07) is 17.0.